The molecule has 0 heterocycles. The summed E-state index contributed by atoms with van der Waals surface area (Å²) >= 11 is 0. The summed E-state index contributed by atoms with van der Waals surface area (Å²) in [7, 11) is -3.84. The monoisotopic (exact) mass is 539 g/mol. The minimum Gasteiger partial charge on any atom is -0.355 e. The van der Waals surface area contributed by atoms with Gasteiger partial charge in [-0.15, -0.1) is 0 Å². The maximum Gasteiger partial charge on any atom is 0.244 e. The lowest BCUT2D eigenvalue weighted by Gasteiger charge is -2.33. The first-order valence-electron chi connectivity index (χ1n) is 12.4. The largest absolute Gasteiger partial charge is 0.355 e. The van der Waals surface area contributed by atoms with Crippen molar-refractivity contribution in [2.24, 2.45) is 0 Å². The van der Waals surface area contributed by atoms with Gasteiger partial charge in [-0.1, -0.05) is 60.2 Å². The quantitative estimate of drug-likeness (QED) is 0.399. The molecule has 0 spiro atoms. The third-order valence-electron chi connectivity index (χ3n) is 6.19. The second-order valence-corrected chi connectivity index (χ2v) is 11.2. The lowest BCUT2D eigenvalue weighted by atomic mass is 10.0. The molecule has 0 saturated heterocycles. The number of aryl methyl sites for hydroxylation is 2. The molecule has 1 atom stereocenters. The number of hydrogen-bond donors (Lipinski definition) is 1. The summed E-state index contributed by atoms with van der Waals surface area (Å²) in [6, 6.07) is 19.3. The van der Waals surface area contributed by atoms with Crippen molar-refractivity contribution in [1.29, 1.82) is 0 Å². The Bertz CT molecular complexity index is 1360. The van der Waals surface area contributed by atoms with Gasteiger partial charge >= 0.3 is 0 Å². The molecule has 0 aliphatic carbocycles. The maximum absolute atomic E-state index is 13.9. The summed E-state index contributed by atoms with van der Waals surface area (Å²) < 4.78 is 40.4. The Labute approximate surface area is 224 Å². The fraction of sp³-hybridized carbons (Fsp3) is 0.310. The Morgan fingerprint density at radius 3 is 2.18 bits per heavy atom. The number of carbonyl (C=O) groups is 2. The number of rotatable bonds is 11. The zero-order chi connectivity index (χ0) is 27.9. The summed E-state index contributed by atoms with van der Waals surface area (Å²) in [6.45, 7) is 5.34. The van der Waals surface area contributed by atoms with Gasteiger partial charge in [0.25, 0.3) is 0 Å². The number of halogens is 1. The van der Waals surface area contributed by atoms with Gasteiger partial charge in [0.1, 0.15) is 18.4 Å². The molecule has 0 fully saturated rings. The van der Waals surface area contributed by atoms with Crippen LogP contribution in [0, 0.1) is 19.7 Å². The fourth-order valence-corrected chi connectivity index (χ4v) is 5.22. The summed E-state index contributed by atoms with van der Waals surface area (Å²) in [5.41, 5.74) is 3.52. The maximum atomic E-state index is 13.9. The van der Waals surface area contributed by atoms with E-state index in [1.165, 1.54) is 17.0 Å². The van der Waals surface area contributed by atoms with Crippen LogP contribution in [0.15, 0.2) is 72.8 Å². The molecule has 0 aromatic heterocycles. The van der Waals surface area contributed by atoms with E-state index in [2.05, 4.69) is 5.32 Å². The van der Waals surface area contributed by atoms with Crippen LogP contribution < -0.4 is 9.62 Å². The molecule has 3 rings (SSSR count). The first kappa shape index (κ1) is 28.8. The van der Waals surface area contributed by atoms with E-state index >= 15 is 0 Å². The molecule has 3 aromatic rings. The molecule has 0 bridgehead atoms. The number of sulfonamides is 1. The molecular weight excluding hydrogens is 505 g/mol. The zero-order valence-corrected chi connectivity index (χ0v) is 23.0. The van der Waals surface area contributed by atoms with Crippen molar-refractivity contribution in [2.45, 2.75) is 39.8 Å². The Morgan fingerprint density at radius 2 is 1.61 bits per heavy atom. The standard InChI is InChI=1S/C29H34FN3O4S/c1-5-31-29(35)27(18-23-9-7-6-8-10-23)32(19-24-12-14-25(30)15-13-24)28(34)20-33(38(4,36)37)26-16-11-21(2)17-22(26)3/h6-17,27H,5,18-20H2,1-4H3,(H,31,35). The van der Waals surface area contributed by atoms with Crippen molar-refractivity contribution in [3.8, 4) is 0 Å². The molecule has 3 aromatic carbocycles. The fourth-order valence-electron chi connectivity index (χ4n) is 4.31. The number of amides is 2. The van der Waals surface area contributed by atoms with Crippen molar-refractivity contribution < 1.29 is 22.4 Å². The Balaban J connectivity index is 2.05. The van der Waals surface area contributed by atoms with E-state index in [1.54, 1.807) is 38.1 Å². The molecule has 202 valence electrons. The van der Waals surface area contributed by atoms with Gasteiger partial charge < -0.3 is 10.2 Å². The minimum absolute atomic E-state index is 0.00176. The van der Waals surface area contributed by atoms with Gasteiger partial charge in [0.05, 0.1) is 11.9 Å². The molecule has 7 nitrogen and oxygen atoms in total. The highest BCUT2D eigenvalue weighted by Gasteiger charge is 2.33. The van der Waals surface area contributed by atoms with Gasteiger partial charge in [0.15, 0.2) is 0 Å². The smallest absolute Gasteiger partial charge is 0.244 e. The van der Waals surface area contributed by atoms with Gasteiger partial charge in [0.2, 0.25) is 21.8 Å². The molecule has 2 amide bonds. The Kier molecular flexibility index (Phi) is 9.63. The minimum atomic E-state index is -3.84. The van der Waals surface area contributed by atoms with Crippen LogP contribution >= 0.6 is 0 Å². The highest BCUT2D eigenvalue weighted by Crippen LogP contribution is 2.24. The average molecular weight is 540 g/mol. The van der Waals surface area contributed by atoms with Crippen molar-refractivity contribution in [3.63, 3.8) is 0 Å². The third-order valence-corrected chi connectivity index (χ3v) is 7.31. The molecule has 0 radical (unpaired) electrons. The van der Waals surface area contributed by atoms with Crippen LogP contribution in [0.3, 0.4) is 0 Å². The van der Waals surface area contributed by atoms with Crippen molar-refractivity contribution >= 4 is 27.5 Å². The van der Waals surface area contributed by atoms with E-state index in [0.717, 1.165) is 21.7 Å². The van der Waals surface area contributed by atoms with Crippen LogP contribution in [-0.2, 0) is 32.6 Å². The number of nitrogens with zero attached hydrogens (tertiary/aromatic N) is 2. The topological polar surface area (TPSA) is 86.8 Å². The van der Waals surface area contributed by atoms with Crippen LogP contribution in [-0.4, -0.2) is 50.5 Å². The highest BCUT2D eigenvalue weighted by atomic mass is 32.2. The first-order valence-corrected chi connectivity index (χ1v) is 14.2. The van der Waals surface area contributed by atoms with E-state index in [4.69, 9.17) is 0 Å². The summed E-state index contributed by atoms with van der Waals surface area (Å²) in [4.78, 5) is 28.6. The zero-order valence-electron chi connectivity index (χ0n) is 22.1. The van der Waals surface area contributed by atoms with Crippen LogP contribution in [0.2, 0.25) is 0 Å². The van der Waals surface area contributed by atoms with Gasteiger partial charge in [-0.25, -0.2) is 12.8 Å². The summed E-state index contributed by atoms with van der Waals surface area (Å²) in [5, 5.41) is 2.80. The molecule has 0 saturated carbocycles. The number of anilines is 1. The van der Waals surface area contributed by atoms with Gasteiger partial charge in [-0.3, -0.25) is 13.9 Å². The normalized spacial score (nSPS) is 12.0. The predicted molar refractivity (Wildman–Crippen MR) is 148 cm³/mol. The Morgan fingerprint density at radius 1 is 0.947 bits per heavy atom. The Hall–Kier alpha value is -3.72. The lowest BCUT2D eigenvalue weighted by molar-refractivity contribution is -0.140. The number of likely N-dealkylation sites (N-methyl/N-ethyl adjacent to an activating group) is 1. The molecule has 1 unspecified atom stereocenters. The van der Waals surface area contributed by atoms with Crippen molar-refractivity contribution in [3.05, 3.63) is 101 Å². The van der Waals surface area contributed by atoms with E-state index in [9.17, 15) is 22.4 Å². The lowest BCUT2D eigenvalue weighted by Crippen LogP contribution is -2.53. The third kappa shape index (κ3) is 7.64. The van der Waals surface area contributed by atoms with E-state index < -0.39 is 34.3 Å². The molecular formula is C29H34FN3O4S. The number of benzene rings is 3. The van der Waals surface area contributed by atoms with Crippen LogP contribution in [0.4, 0.5) is 10.1 Å². The molecule has 0 aliphatic rings. The highest BCUT2D eigenvalue weighted by molar-refractivity contribution is 7.92. The summed E-state index contributed by atoms with van der Waals surface area (Å²) in [6.07, 6.45) is 1.27. The molecule has 0 aliphatic heterocycles. The van der Waals surface area contributed by atoms with Crippen LogP contribution in [0.25, 0.3) is 0 Å². The SMILES string of the molecule is CCNC(=O)C(Cc1ccccc1)N(Cc1ccc(F)cc1)C(=O)CN(c1ccc(C)cc1C)S(C)(=O)=O. The van der Waals surface area contributed by atoms with Gasteiger partial charge in [0, 0.05) is 19.5 Å². The average Bonchev–Trinajstić information content (AvgIpc) is 2.86. The van der Waals surface area contributed by atoms with Crippen molar-refractivity contribution in [2.75, 3.05) is 23.7 Å². The van der Waals surface area contributed by atoms with Crippen molar-refractivity contribution in [1.82, 2.24) is 10.2 Å². The van der Waals surface area contributed by atoms with E-state index in [1.807, 2.05) is 43.3 Å². The second-order valence-electron chi connectivity index (χ2n) is 9.31. The van der Waals surface area contributed by atoms with Crippen LogP contribution in [0.1, 0.15) is 29.2 Å². The van der Waals surface area contributed by atoms with Gasteiger partial charge in [-0.05, 0) is 55.7 Å². The predicted octanol–water partition coefficient (Wildman–Crippen LogP) is 3.98. The van der Waals surface area contributed by atoms with E-state index in [0.29, 0.717) is 23.4 Å². The van der Waals surface area contributed by atoms with Crippen LogP contribution in [0.5, 0.6) is 0 Å². The molecule has 38 heavy (non-hydrogen) atoms. The summed E-state index contributed by atoms with van der Waals surface area (Å²) in [5.74, 6) is -1.33. The van der Waals surface area contributed by atoms with Gasteiger partial charge in [-0.2, -0.15) is 0 Å². The first-order chi connectivity index (χ1) is 18.0. The molecule has 9 heteroatoms. The van der Waals surface area contributed by atoms with E-state index in [-0.39, 0.29) is 18.9 Å². The second kappa shape index (κ2) is 12.7. The number of carbonyl (C=O) groups excluding carboxylic acids is 2. The number of hydrogen-bond acceptors (Lipinski definition) is 4. The number of nitrogens with one attached hydrogen (secondary N) is 1. The molecule has 1 N–H and O–H groups in total.